The summed E-state index contributed by atoms with van der Waals surface area (Å²) in [6.45, 7) is 7.91. The van der Waals surface area contributed by atoms with E-state index in [-0.39, 0.29) is 17.5 Å². The van der Waals surface area contributed by atoms with Crippen LogP contribution in [-0.4, -0.2) is 77.3 Å². The number of hydrogen-bond acceptors (Lipinski definition) is 5. The fourth-order valence-corrected chi connectivity index (χ4v) is 2.91. The minimum Gasteiger partial charge on any atom is -0.342 e. The average Bonchev–Trinajstić information content (AvgIpc) is 2.63. The third kappa shape index (κ3) is 4.76. The summed E-state index contributed by atoms with van der Waals surface area (Å²) in [6.07, 6.45) is 0. The number of benzene rings is 1. The first-order chi connectivity index (χ1) is 12.0. The molecule has 0 unspecified atom stereocenters. The quantitative estimate of drug-likeness (QED) is 0.570. The molecule has 0 atom stereocenters. The van der Waals surface area contributed by atoms with Crippen LogP contribution in [0.15, 0.2) is 24.3 Å². The van der Waals surface area contributed by atoms with E-state index in [0.29, 0.717) is 51.4 Å². The molecule has 8 nitrogen and oxygen atoms in total. The van der Waals surface area contributed by atoms with Gasteiger partial charge in [0, 0.05) is 57.0 Å². The third-order valence-corrected chi connectivity index (χ3v) is 4.44. The number of carbonyl (C=O) groups is 2. The first-order valence-electron chi connectivity index (χ1n) is 8.50. The van der Waals surface area contributed by atoms with Gasteiger partial charge in [-0.2, -0.15) is 0 Å². The second-order valence-electron chi connectivity index (χ2n) is 5.94. The molecule has 1 aromatic rings. The molecule has 25 heavy (non-hydrogen) atoms. The molecule has 1 aliphatic rings. The van der Waals surface area contributed by atoms with Gasteiger partial charge in [0.05, 0.1) is 11.5 Å². The summed E-state index contributed by atoms with van der Waals surface area (Å²) in [7, 11) is 0. The zero-order chi connectivity index (χ0) is 18.4. The van der Waals surface area contributed by atoms with Crippen LogP contribution < -0.4 is 0 Å². The molecule has 1 heterocycles. The Bertz CT molecular complexity index is 637. The lowest BCUT2D eigenvalue weighted by atomic mass is 10.1. The average molecular weight is 348 g/mol. The molecule has 0 N–H and O–H groups in total. The highest BCUT2D eigenvalue weighted by atomic mass is 16.6. The number of non-ortho nitro benzene ring substituents is 1. The second kappa shape index (κ2) is 8.57. The number of rotatable bonds is 6. The van der Waals surface area contributed by atoms with E-state index in [1.807, 2.05) is 18.7 Å². The van der Waals surface area contributed by atoms with E-state index < -0.39 is 4.92 Å². The Labute approximate surface area is 147 Å². The fraction of sp³-hybridized carbons (Fsp3) is 0.529. The van der Waals surface area contributed by atoms with Crippen LogP contribution >= 0.6 is 0 Å². The van der Waals surface area contributed by atoms with Crippen LogP contribution in [0, 0.1) is 10.1 Å². The first-order valence-corrected chi connectivity index (χ1v) is 8.50. The molecule has 1 fully saturated rings. The van der Waals surface area contributed by atoms with Crippen molar-refractivity contribution in [1.82, 2.24) is 14.7 Å². The molecule has 136 valence electrons. The predicted octanol–water partition coefficient (Wildman–Crippen LogP) is 1.22. The SMILES string of the molecule is CCN(CC)C(=O)CN1CCN(C(=O)c2cccc([N+](=O)[O-])c2)CC1. The first kappa shape index (κ1) is 18.9. The van der Waals surface area contributed by atoms with Crippen LogP contribution in [0.4, 0.5) is 5.69 Å². The molecule has 1 aromatic carbocycles. The molecule has 0 radical (unpaired) electrons. The monoisotopic (exact) mass is 348 g/mol. The van der Waals surface area contributed by atoms with Crippen LogP contribution in [-0.2, 0) is 4.79 Å². The number of nitro benzene ring substituents is 1. The van der Waals surface area contributed by atoms with Crippen LogP contribution in [0.5, 0.6) is 0 Å². The molecule has 2 rings (SSSR count). The molecule has 0 saturated carbocycles. The molecule has 0 spiro atoms. The van der Waals surface area contributed by atoms with Crippen molar-refractivity contribution >= 4 is 17.5 Å². The minimum absolute atomic E-state index is 0.0886. The summed E-state index contributed by atoms with van der Waals surface area (Å²) in [6, 6.07) is 5.78. The number of hydrogen-bond donors (Lipinski definition) is 0. The van der Waals surface area contributed by atoms with E-state index in [1.165, 1.54) is 18.2 Å². The maximum absolute atomic E-state index is 12.5. The number of carbonyl (C=O) groups excluding carboxylic acids is 2. The van der Waals surface area contributed by atoms with E-state index in [9.17, 15) is 19.7 Å². The summed E-state index contributed by atoms with van der Waals surface area (Å²) < 4.78 is 0. The largest absolute Gasteiger partial charge is 0.342 e. The van der Waals surface area contributed by atoms with Gasteiger partial charge >= 0.3 is 0 Å². The zero-order valence-electron chi connectivity index (χ0n) is 14.7. The van der Waals surface area contributed by atoms with Gasteiger partial charge in [-0.15, -0.1) is 0 Å². The van der Waals surface area contributed by atoms with Crippen molar-refractivity contribution in [2.24, 2.45) is 0 Å². The van der Waals surface area contributed by atoms with Crippen LogP contribution in [0.2, 0.25) is 0 Å². The Morgan fingerprint density at radius 1 is 1.16 bits per heavy atom. The fourth-order valence-electron chi connectivity index (χ4n) is 2.91. The molecule has 1 aliphatic heterocycles. The predicted molar refractivity (Wildman–Crippen MR) is 93.4 cm³/mol. The van der Waals surface area contributed by atoms with E-state index in [4.69, 9.17) is 0 Å². The van der Waals surface area contributed by atoms with Crippen LogP contribution in [0.3, 0.4) is 0 Å². The highest BCUT2D eigenvalue weighted by Crippen LogP contribution is 2.16. The summed E-state index contributed by atoms with van der Waals surface area (Å²) in [5, 5.41) is 10.8. The number of nitro groups is 1. The van der Waals surface area contributed by atoms with Crippen molar-refractivity contribution in [3.05, 3.63) is 39.9 Å². The van der Waals surface area contributed by atoms with Gasteiger partial charge in [0.2, 0.25) is 5.91 Å². The van der Waals surface area contributed by atoms with Gasteiger partial charge in [-0.05, 0) is 19.9 Å². The van der Waals surface area contributed by atoms with Crippen molar-refractivity contribution in [2.75, 3.05) is 45.8 Å². The number of nitrogens with zero attached hydrogens (tertiary/aromatic N) is 4. The van der Waals surface area contributed by atoms with E-state index in [2.05, 4.69) is 0 Å². The van der Waals surface area contributed by atoms with E-state index >= 15 is 0 Å². The molecule has 8 heteroatoms. The highest BCUT2D eigenvalue weighted by Gasteiger charge is 2.25. The van der Waals surface area contributed by atoms with Crippen molar-refractivity contribution in [1.29, 1.82) is 0 Å². The minimum atomic E-state index is -0.506. The third-order valence-electron chi connectivity index (χ3n) is 4.44. The molecular weight excluding hydrogens is 324 g/mol. The Hall–Kier alpha value is -2.48. The van der Waals surface area contributed by atoms with Gasteiger partial charge in [0.1, 0.15) is 0 Å². The number of amides is 2. The molecular formula is C17H24N4O4. The standard InChI is InChI=1S/C17H24N4O4/c1-3-19(4-2)16(22)13-18-8-10-20(11-9-18)17(23)14-6-5-7-15(12-14)21(24)25/h5-7,12H,3-4,8-11,13H2,1-2H3. The lowest BCUT2D eigenvalue weighted by Crippen LogP contribution is -2.51. The summed E-state index contributed by atoms with van der Waals surface area (Å²) in [5.41, 5.74) is 0.233. The summed E-state index contributed by atoms with van der Waals surface area (Å²) in [5.74, 6) is -0.109. The molecule has 2 amide bonds. The molecule has 1 saturated heterocycles. The van der Waals surface area contributed by atoms with Gasteiger partial charge in [0.15, 0.2) is 0 Å². The van der Waals surface area contributed by atoms with Gasteiger partial charge in [0.25, 0.3) is 11.6 Å². The van der Waals surface area contributed by atoms with Crippen molar-refractivity contribution < 1.29 is 14.5 Å². The Balaban J connectivity index is 1.91. The van der Waals surface area contributed by atoms with Gasteiger partial charge < -0.3 is 9.80 Å². The van der Waals surface area contributed by atoms with Crippen LogP contribution in [0.25, 0.3) is 0 Å². The smallest absolute Gasteiger partial charge is 0.270 e. The molecule has 0 aliphatic carbocycles. The number of likely N-dealkylation sites (N-methyl/N-ethyl adjacent to an activating group) is 1. The molecule has 0 bridgehead atoms. The maximum Gasteiger partial charge on any atom is 0.270 e. The van der Waals surface area contributed by atoms with Crippen molar-refractivity contribution in [3.63, 3.8) is 0 Å². The second-order valence-corrected chi connectivity index (χ2v) is 5.94. The Morgan fingerprint density at radius 3 is 2.36 bits per heavy atom. The van der Waals surface area contributed by atoms with Gasteiger partial charge in [-0.1, -0.05) is 6.07 Å². The van der Waals surface area contributed by atoms with Gasteiger partial charge in [-0.25, -0.2) is 0 Å². The lowest BCUT2D eigenvalue weighted by Gasteiger charge is -2.35. The van der Waals surface area contributed by atoms with E-state index in [0.717, 1.165) is 0 Å². The highest BCUT2D eigenvalue weighted by molar-refractivity contribution is 5.95. The summed E-state index contributed by atoms with van der Waals surface area (Å²) in [4.78, 5) is 40.5. The number of piperazine rings is 1. The lowest BCUT2D eigenvalue weighted by molar-refractivity contribution is -0.384. The van der Waals surface area contributed by atoms with Crippen LogP contribution in [0.1, 0.15) is 24.2 Å². The Kier molecular flexibility index (Phi) is 6.46. The summed E-state index contributed by atoms with van der Waals surface area (Å²) >= 11 is 0. The van der Waals surface area contributed by atoms with Crippen molar-refractivity contribution in [2.45, 2.75) is 13.8 Å². The maximum atomic E-state index is 12.5. The molecule has 0 aromatic heterocycles. The van der Waals surface area contributed by atoms with Crippen molar-refractivity contribution in [3.8, 4) is 0 Å². The Morgan fingerprint density at radius 2 is 1.80 bits per heavy atom. The van der Waals surface area contributed by atoms with E-state index in [1.54, 1.807) is 15.9 Å². The van der Waals surface area contributed by atoms with Gasteiger partial charge in [-0.3, -0.25) is 24.6 Å². The zero-order valence-corrected chi connectivity index (χ0v) is 14.7. The normalized spacial score (nSPS) is 15.0. The topological polar surface area (TPSA) is 87.0 Å².